The van der Waals surface area contributed by atoms with Gasteiger partial charge in [0.25, 0.3) is 5.56 Å². The third kappa shape index (κ3) is 3.49. The smallest absolute Gasteiger partial charge is 0.263 e. The second-order valence-corrected chi connectivity index (χ2v) is 10.1. The van der Waals surface area contributed by atoms with Crippen LogP contribution in [0.3, 0.4) is 0 Å². The summed E-state index contributed by atoms with van der Waals surface area (Å²) in [4.78, 5) is 19.4. The third-order valence-electron chi connectivity index (χ3n) is 5.79. The molecule has 0 bridgehead atoms. The van der Waals surface area contributed by atoms with Crippen LogP contribution in [0.2, 0.25) is 0 Å². The minimum atomic E-state index is -0.0920. The second kappa shape index (κ2) is 7.61. The number of aromatic hydroxyl groups is 1. The lowest BCUT2D eigenvalue weighted by Gasteiger charge is -2.19. The SMILES string of the molecule is CC(C)(C)c1ccc(-c2nc3sc4c(O)cccc4c3c(=O)n2Cc2ccccc2)cc1. The Kier molecular flexibility index (Phi) is 4.86. The van der Waals surface area contributed by atoms with Crippen LogP contribution in [0.4, 0.5) is 0 Å². The number of phenols is 1. The van der Waals surface area contributed by atoms with Crippen LogP contribution < -0.4 is 5.56 Å². The molecular weight excluding hydrogens is 416 g/mol. The number of hydrogen-bond donors (Lipinski definition) is 1. The Bertz CT molecular complexity index is 1490. The molecule has 0 amide bonds. The first-order chi connectivity index (χ1) is 15.3. The Hall–Kier alpha value is -3.44. The quantitative estimate of drug-likeness (QED) is 0.357. The molecule has 0 spiro atoms. The van der Waals surface area contributed by atoms with Gasteiger partial charge in [-0.25, -0.2) is 4.98 Å². The standard InChI is InChI=1S/C27H24N2O2S/c1-27(2,3)19-14-12-18(13-15-19)24-28-25-22(20-10-7-11-21(30)23(20)32-25)26(31)29(24)16-17-8-5-4-6-9-17/h4-15,30H,16H2,1-3H3. The Labute approximate surface area is 190 Å². The van der Waals surface area contributed by atoms with Crippen molar-refractivity contribution in [3.63, 3.8) is 0 Å². The first-order valence-corrected chi connectivity index (χ1v) is 11.4. The van der Waals surface area contributed by atoms with Crippen molar-refractivity contribution < 1.29 is 5.11 Å². The van der Waals surface area contributed by atoms with Gasteiger partial charge in [0, 0.05) is 10.9 Å². The Morgan fingerprint density at radius 3 is 2.34 bits per heavy atom. The topological polar surface area (TPSA) is 55.1 Å². The number of nitrogens with zero attached hydrogens (tertiary/aromatic N) is 2. The van der Waals surface area contributed by atoms with Gasteiger partial charge in [0.1, 0.15) is 16.4 Å². The second-order valence-electron chi connectivity index (χ2n) is 9.08. The summed E-state index contributed by atoms with van der Waals surface area (Å²) < 4.78 is 2.44. The fourth-order valence-corrected chi connectivity index (χ4v) is 5.09. The van der Waals surface area contributed by atoms with Crippen molar-refractivity contribution in [1.29, 1.82) is 0 Å². The van der Waals surface area contributed by atoms with Gasteiger partial charge in [-0.3, -0.25) is 9.36 Å². The average Bonchev–Trinajstić information content (AvgIpc) is 3.16. The first-order valence-electron chi connectivity index (χ1n) is 10.6. The van der Waals surface area contributed by atoms with E-state index >= 15 is 0 Å². The molecule has 0 saturated carbocycles. The summed E-state index contributed by atoms with van der Waals surface area (Å²) >= 11 is 1.36. The Morgan fingerprint density at radius 1 is 0.938 bits per heavy atom. The number of aromatic nitrogens is 2. The molecule has 0 aliphatic heterocycles. The molecule has 1 N–H and O–H groups in total. The van der Waals surface area contributed by atoms with Crippen LogP contribution >= 0.6 is 11.3 Å². The normalized spacial score (nSPS) is 12.0. The number of fused-ring (bicyclic) bond motifs is 3. The number of phenolic OH excluding ortho intramolecular Hbond substituents is 1. The highest BCUT2D eigenvalue weighted by Crippen LogP contribution is 2.37. The number of rotatable bonds is 3. The molecule has 0 atom stereocenters. The van der Waals surface area contributed by atoms with E-state index in [2.05, 4.69) is 32.9 Å². The van der Waals surface area contributed by atoms with Gasteiger partial charge in [-0.2, -0.15) is 0 Å². The van der Waals surface area contributed by atoms with Gasteiger partial charge in [-0.05, 0) is 22.6 Å². The summed E-state index contributed by atoms with van der Waals surface area (Å²) in [5.74, 6) is 0.813. The maximum Gasteiger partial charge on any atom is 0.263 e. The molecule has 0 radical (unpaired) electrons. The van der Waals surface area contributed by atoms with Crippen molar-refractivity contribution in [3.05, 3.63) is 94.3 Å². The highest BCUT2D eigenvalue weighted by Gasteiger charge is 2.20. The van der Waals surface area contributed by atoms with Crippen LogP contribution in [0.15, 0.2) is 77.6 Å². The van der Waals surface area contributed by atoms with Crippen LogP contribution in [0.1, 0.15) is 31.9 Å². The van der Waals surface area contributed by atoms with Gasteiger partial charge in [0.05, 0.1) is 16.6 Å². The summed E-state index contributed by atoms with van der Waals surface area (Å²) in [6.07, 6.45) is 0. The van der Waals surface area contributed by atoms with Crippen LogP contribution in [-0.2, 0) is 12.0 Å². The Balaban J connectivity index is 1.78. The number of benzene rings is 3. The van der Waals surface area contributed by atoms with Crippen molar-refractivity contribution in [2.24, 2.45) is 0 Å². The number of thiophene rings is 1. The van der Waals surface area contributed by atoms with Crippen LogP contribution in [-0.4, -0.2) is 14.7 Å². The predicted molar refractivity (Wildman–Crippen MR) is 133 cm³/mol. The molecule has 0 unspecified atom stereocenters. The number of hydrogen-bond acceptors (Lipinski definition) is 4. The summed E-state index contributed by atoms with van der Waals surface area (Å²) in [5.41, 5.74) is 3.11. The molecule has 0 aliphatic rings. The molecule has 4 nitrogen and oxygen atoms in total. The summed E-state index contributed by atoms with van der Waals surface area (Å²) in [6, 6.07) is 23.5. The van der Waals surface area contributed by atoms with Crippen LogP contribution in [0.25, 0.3) is 31.7 Å². The lowest BCUT2D eigenvalue weighted by molar-refractivity contribution is 0.482. The highest BCUT2D eigenvalue weighted by atomic mass is 32.1. The maximum absolute atomic E-state index is 13.8. The molecule has 2 heterocycles. The average molecular weight is 441 g/mol. The van der Waals surface area contributed by atoms with E-state index in [1.165, 1.54) is 16.9 Å². The molecule has 5 aromatic rings. The van der Waals surface area contributed by atoms with Crippen molar-refractivity contribution in [2.75, 3.05) is 0 Å². The van der Waals surface area contributed by atoms with Gasteiger partial charge in [0.15, 0.2) is 0 Å². The van der Waals surface area contributed by atoms with Gasteiger partial charge in [-0.15, -0.1) is 11.3 Å². The molecule has 0 aliphatic carbocycles. The molecule has 160 valence electrons. The summed E-state index contributed by atoms with van der Waals surface area (Å²) in [6.45, 7) is 6.97. The van der Waals surface area contributed by atoms with E-state index in [-0.39, 0.29) is 16.7 Å². The minimum absolute atomic E-state index is 0.0443. The van der Waals surface area contributed by atoms with E-state index in [1.54, 1.807) is 16.7 Å². The van der Waals surface area contributed by atoms with Crippen molar-refractivity contribution in [1.82, 2.24) is 9.55 Å². The molecule has 5 rings (SSSR count). The molecule has 32 heavy (non-hydrogen) atoms. The van der Waals surface area contributed by atoms with E-state index in [1.807, 2.05) is 48.5 Å². The molecule has 2 aromatic heterocycles. The molecular formula is C27H24N2O2S. The Morgan fingerprint density at radius 2 is 1.66 bits per heavy atom. The van der Waals surface area contributed by atoms with Crippen molar-refractivity contribution >= 4 is 31.6 Å². The van der Waals surface area contributed by atoms with Crippen molar-refractivity contribution in [2.45, 2.75) is 32.7 Å². The molecule has 5 heteroatoms. The lowest BCUT2D eigenvalue weighted by atomic mass is 9.86. The fraction of sp³-hybridized carbons (Fsp3) is 0.185. The maximum atomic E-state index is 13.8. The largest absolute Gasteiger partial charge is 0.506 e. The third-order valence-corrected chi connectivity index (χ3v) is 6.91. The summed E-state index contributed by atoms with van der Waals surface area (Å²) in [7, 11) is 0. The van der Waals surface area contributed by atoms with Crippen molar-refractivity contribution in [3.8, 4) is 17.1 Å². The van der Waals surface area contributed by atoms with E-state index < -0.39 is 0 Å². The zero-order valence-electron chi connectivity index (χ0n) is 18.3. The zero-order chi connectivity index (χ0) is 22.5. The fourth-order valence-electron chi connectivity index (χ4n) is 4.02. The molecule has 0 fully saturated rings. The van der Waals surface area contributed by atoms with Gasteiger partial charge in [0.2, 0.25) is 0 Å². The van der Waals surface area contributed by atoms with E-state index in [0.29, 0.717) is 27.3 Å². The van der Waals surface area contributed by atoms with Crippen LogP contribution in [0, 0.1) is 0 Å². The lowest BCUT2D eigenvalue weighted by Crippen LogP contribution is -2.23. The van der Waals surface area contributed by atoms with Gasteiger partial charge < -0.3 is 5.11 Å². The summed E-state index contributed by atoms with van der Waals surface area (Å²) in [5, 5.41) is 11.6. The van der Waals surface area contributed by atoms with E-state index in [0.717, 1.165) is 16.5 Å². The van der Waals surface area contributed by atoms with E-state index in [4.69, 9.17) is 4.98 Å². The zero-order valence-corrected chi connectivity index (χ0v) is 19.1. The van der Waals surface area contributed by atoms with Crippen LogP contribution in [0.5, 0.6) is 5.75 Å². The molecule has 0 saturated heterocycles. The predicted octanol–water partition coefficient (Wildman–Crippen LogP) is 6.33. The first kappa shape index (κ1) is 20.5. The monoisotopic (exact) mass is 440 g/mol. The van der Waals surface area contributed by atoms with Gasteiger partial charge >= 0.3 is 0 Å². The highest BCUT2D eigenvalue weighted by molar-refractivity contribution is 7.25. The van der Waals surface area contributed by atoms with Gasteiger partial charge in [-0.1, -0.05) is 87.5 Å². The minimum Gasteiger partial charge on any atom is -0.506 e. The molecule has 3 aromatic carbocycles. The van der Waals surface area contributed by atoms with E-state index in [9.17, 15) is 9.90 Å².